The summed E-state index contributed by atoms with van der Waals surface area (Å²) in [6, 6.07) is 0. The van der Waals surface area contributed by atoms with Crippen molar-refractivity contribution in [1.29, 1.82) is 0 Å². The first kappa shape index (κ1) is 17.9. The second-order valence-corrected chi connectivity index (χ2v) is 7.89. The Labute approximate surface area is 125 Å². The van der Waals surface area contributed by atoms with E-state index in [-0.39, 0.29) is 6.54 Å². The van der Waals surface area contributed by atoms with E-state index in [1.165, 1.54) is 6.92 Å². The highest BCUT2D eigenvalue weighted by molar-refractivity contribution is 7.90. The van der Waals surface area contributed by atoms with Crippen molar-refractivity contribution in [3.8, 4) is 0 Å². The number of ether oxygens (including phenoxy) is 1. The van der Waals surface area contributed by atoms with Crippen LogP contribution in [0.2, 0.25) is 0 Å². The predicted molar refractivity (Wildman–Crippen MR) is 76.1 cm³/mol. The van der Waals surface area contributed by atoms with E-state index in [4.69, 9.17) is 0 Å². The Kier molecular flexibility index (Phi) is 5.75. The van der Waals surface area contributed by atoms with Crippen LogP contribution >= 0.6 is 0 Å². The predicted octanol–water partition coefficient (Wildman–Crippen LogP) is 0.748. The standard InChI is InChI=1S/C13H23NO6S/c1-9-4-6-13(7-5-9,12(16)17)8-14-21(18,19)10(2)11(15)20-3/h9-10,14H,4-8H2,1-3H3,(H,16,17). The average molecular weight is 321 g/mol. The van der Waals surface area contributed by atoms with Crippen molar-refractivity contribution in [3.63, 3.8) is 0 Å². The van der Waals surface area contributed by atoms with Crippen LogP contribution in [-0.4, -0.2) is 44.4 Å². The lowest BCUT2D eigenvalue weighted by molar-refractivity contribution is -0.151. The van der Waals surface area contributed by atoms with Crippen molar-refractivity contribution in [2.45, 2.75) is 44.8 Å². The Morgan fingerprint density at radius 1 is 1.38 bits per heavy atom. The number of esters is 1. The third kappa shape index (κ3) is 4.16. The van der Waals surface area contributed by atoms with Crippen LogP contribution in [0.1, 0.15) is 39.5 Å². The number of rotatable bonds is 6. The highest BCUT2D eigenvalue weighted by Gasteiger charge is 2.42. The normalized spacial score (nSPS) is 27.9. The molecule has 0 aromatic carbocycles. The van der Waals surface area contributed by atoms with Crippen LogP contribution in [0.3, 0.4) is 0 Å². The van der Waals surface area contributed by atoms with Crippen molar-refractivity contribution in [3.05, 3.63) is 0 Å². The molecule has 0 amide bonds. The topological polar surface area (TPSA) is 110 Å². The van der Waals surface area contributed by atoms with Gasteiger partial charge in [0.1, 0.15) is 0 Å². The summed E-state index contributed by atoms with van der Waals surface area (Å²) in [5.41, 5.74) is -1.09. The van der Waals surface area contributed by atoms with Gasteiger partial charge in [0.2, 0.25) is 10.0 Å². The van der Waals surface area contributed by atoms with E-state index in [0.717, 1.165) is 20.0 Å². The molecule has 0 saturated heterocycles. The van der Waals surface area contributed by atoms with Crippen LogP contribution in [0.15, 0.2) is 0 Å². The fourth-order valence-electron chi connectivity index (χ4n) is 2.44. The Hall–Kier alpha value is -1.15. The minimum absolute atomic E-state index is 0.196. The number of carbonyl (C=O) groups is 2. The molecule has 0 aromatic heterocycles. The van der Waals surface area contributed by atoms with E-state index in [2.05, 4.69) is 16.4 Å². The van der Waals surface area contributed by atoms with Crippen LogP contribution < -0.4 is 4.72 Å². The number of sulfonamides is 1. The van der Waals surface area contributed by atoms with Crippen LogP contribution in [-0.2, 0) is 24.3 Å². The van der Waals surface area contributed by atoms with Gasteiger partial charge in [-0.25, -0.2) is 13.1 Å². The number of carboxylic acids is 1. The molecule has 1 unspecified atom stereocenters. The minimum atomic E-state index is -3.94. The number of carbonyl (C=O) groups excluding carboxylic acids is 1. The summed E-state index contributed by atoms with van der Waals surface area (Å²) < 4.78 is 30.7. The molecule has 7 nitrogen and oxygen atoms in total. The molecular formula is C13H23NO6S. The second kappa shape index (κ2) is 6.74. The van der Waals surface area contributed by atoms with E-state index in [0.29, 0.717) is 18.8 Å². The molecule has 8 heteroatoms. The van der Waals surface area contributed by atoms with Gasteiger partial charge in [-0.05, 0) is 38.5 Å². The van der Waals surface area contributed by atoms with Crippen LogP contribution in [0.5, 0.6) is 0 Å². The molecule has 1 aliphatic carbocycles. The lowest BCUT2D eigenvalue weighted by atomic mass is 9.71. The zero-order valence-corrected chi connectivity index (χ0v) is 13.4. The largest absolute Gasteiger partial charge is 0.481 e. The van der Waals surface area contributed by atoms with E-state index >= 15 is 0 Å². The summed E-state index contributed by atoms with van der Waals surface area (Å²) in [5.74, 6) is -1.42. The summed E-state index contributed by atoms with van der Waals surface area (Å²) in [6.07, 6.45) is 2.36. The Bertz CT molecular complexity index is 493. The number of aliphatic carboxylic acids is 1. The molecular weight excluding hydrogens is 298 g/mol. The highest BCUT2D eigenvalue weighted by atomic mass is 32.2. The van der Waals surface area contributed by atoms with E-state index in [1.54, 1.807) is 0 Å². The van der Waals surface area contributed by atoms with Gasteiger partial charge in [0.25, 0.3) is 0 Å². The summed E-state index contributed by atoms with van der Waals surface area (Å²) in [6.45, 7) is 3.07. The Morgan fingerprint density at radius 3 is 2.33 bits per heavy atom. The smallest absolute Gasteiger partial charge is 0.325 e. The molecule has 0 aromatic rings. The van der Waals surface area contributed by atoms with Crippen molar-refractivity contribution >= 4 is 22.0 Å². The third-order valence-electron chi connectivity index (χ3n) is 4.30. The number of nitrogens with one attached hydrogen (secondary N) is 1. The first-order valence-corrected chi connectivity index (χ1v) is 8.49. The molecule has 2 N–H and O–H groups in total. The minimum Gasteiger partial charge on any atom is -0.481 e. The fraction of sp³-hybridized carbons (Fsp3) is 0.846. The molecule has 1 rings (SSSR count). The van der Waals surface area contributed by atoms with Crippen molar-refractivity contribution in [1.82, 2.24) is 4.72 Å². The molecule has 0 heterocycles. The van der Waals surface area contributed by atoms with Crippen molar-refractivity contribution < 1.29 is 27.9 Å². The molecule has 1 atom stereocenters. The van der Waals surface area contributed by atoms with Gasteiger partial charge < -0.3 is 9.84 Å². The Morgan fingerprint density at radius 2 is 1.90 bits per heavy atom. The van der Waals surface area contributed by atoms with Gasteiger partial charge in [-0.2, -0.15) is 0 Å². The molecule has 0 aliphatic heterocycles. The quantitative estimate of drug-likeness (QED) is 0.699. The monoisotopic (exact) mass is 321 g/mol. The highest BCUT2D eigenvalue weighted by Crippen LogP contribution is 2.38. The molecule has 1 saturated carbocycles. The van der Waals surface area contributed by atoms with E-state index < -0.39 is 32.6 Å². The third-order valence-corrected chi connectivity index (χ3v) is 5.97. The maximum absolute atomic E-state index is 12.0. The number of methoxy groups -OCH3 is 1. The van der Waals surface area contributed by atoms with Gasteiger partial charge in [-0.1, -0.05) is 6.92 Å². The first-order valence-electron chi connectivity index (χ1n) is 6.94. The van der Waals surface area contributed by atoms with E-state index in [9.17, 15) is 23.1 Å². The van der Waals surface area contributed by atoms with Gasteiger partial charge >= 0.3 is 11.9 Å². The fourth-order valence-corrected chi connectivity index (χ4v) is 3.51. The van der Waals surface area contributed by atoms with Gasteiger partial charge in [-0.3, -0.25) is 9.59 Å². The number of hydrogen-bond acceptors (Lipinski definition) is 5. The van der Waals surface area contributed by atoms with Gasteiger partial charge in [0.05, 0.1) is 12.5 Å². The molecule has 0 radical (unpaired) electrons. The molecule has 0 spiro atoms. The lowest BCUT2D eigenvalue weighted by Crippen LogP contribution is -2.48. The maximum Gasteiger partial charge on any atom is 0.325 e. The molecule has 21 heavy (non-hydrogen) atoms. The second-order valence-electron chi connectivity index (χ2n) is 5.80. The molecule has 1 aliphatic rings. The molecule has 122 valence electrons. The van der Waals surface area contributed by atoms with Gasteiger partial charge in [-0.15, -0.1) is 0 Å². The Balaban J connectivity index is 2.79. The van der Waals surface area contributed by atoms with Crippen LogP contribution in [0.4, 0.5) is 0 Å². The SMILES string of the molecule is COC(=O)C(C)S(=O)(=O)NCC1(C(=O)O)CCC(C)CC1. The van der Waals surface area contributed by atoms with E-state index in [1.807, 2.05) is 0 Å². The van der Waals surface area contributed by atoms with Crippen molar-refractivity contribution in [2.75, 3.05) is 13.7 Å². The van der Waals surface area contributed by atoms with Gasteiger partial charge in [0.15, 0.2) is 5.25 Å². The maximum atomic E-state index is 12.0. The summed E-state index contributed by atoms with van der Waals surface area (Å²) in [4.78, 5) is 22.8. The zero-order valence-electron chi connectivity index (χ0n) is 12.6. The number of hydrogen-bond donors (Lipinski definition) is 2. The number of carboxylic acid groups (broad SMARTS) is 1. The van der Waals surface area contributed by atoms with Crippen molar-refractivity contribution in [2.24, 2.45) is 11.3 Å². The summed E-state index contributed by atoms with van der Waals surface area (Å²) >= 11 is 0. The first-order chi connectivity index (χ1) is 9.64. The summed E-state index contributed by atoms with van der Waals surface area (Å²) in [5, 5.41) is 8.07. The molecule has 0 bridgehead atoms. The average Bonchev–Trinajstić information content (AvgIpc) is 2.45. The van der Waals surface area contributed by atoms with Gasteiger partial charge in [0, 0.05) is 6.54 Å². The summed E-state index contributed by atoms with van der Waals surface area (Å²) in [7, 11) is -2.84. The zero-order chi connectivity index (χ0) is 16.3. The molecule has 1 fully saturated rings. The van der Waals surface area contributed by atoms with Crippen LogP contribution in [0.25, 0.3) is 0 Å². The van der Waals surface area contributed by atoms with Crippen LogP contribution in [0, 0.1) is 11.3 Å². The lowest BCUT2D eigenvalue weighted by Gasteiger charge is -2.35.